The van der Waals surface area contributed by atoms with E-state index < -0.39 is 0 Å². The lowest BCUT2D eigenvalue weighted by atomic mass is 10.3. The summed E-state index contributed by atoms with van der Waals surface area (Å²) in [7, 11) is 0. The summed E-state index contributed by atoms with van der Waals surface area (Å²) in [4.78, 5) is 5.46. The van der Waals surface area contributed by atoms with Crippen molar-refractivity contribution in [2.24, 2.45) is 0 Å². The number of hydrogen-bond acceptors (Lipinski definition) is 4. The smallest absolute Gasteiger partial charge is 0.0300 e. The van der Waals surface area contributed by atoms with Gasteiger partial charge in [0.2, 0.25) is 0 Å². The van der Waals surface area contributed by atoms with Gasteiger partial charge in [0, 0.05) is 53.5 Å². The number of nitrogens with zero attached hydrogens (tertiary/aromatic N) is 1. The Morgan fingerprint density at radius 2 is 2.35 bits per heavy atom. The normalized spacial score (nSPS) is 21.9. The molecule has 0 radical (unpaired) electrons. The van der Waals surface area contributed by atoms with Crippen molar-refractivity contribution in [2.45, 2.75) is 26.4 Å². The Balaban J connectivity index is 1.62. The van der Waals surface area contributed by atoms with Crippen LogP contribution in [0.1, 0.15) is 16.7 Å². The zero-order chi connectivity index (χ0) is 12.1. The second-order valence-electron chi connectivity index (χ2n) is 4.65. The fourth-order valence-corrected chi connectivity index (χ4v) is 4.05. The molecule has 0 spiro atoms. The second kappa shape index (κ2) is 6.78. The summed E-state index contributed by atoms with van der Waals surface area (Å²) in [5.74, 6) is 2.60. The first-order valence-electron chi connectivity index (χ1n) is 6.33. The molecule has 1 aliphatic heterocycles. The zero-order valence-electron chi connectivity index (χ0n) is 10.7. The van der Waals surface area contributed by atoms with Crippen molar-refractivity contribution in [1.82, 2.24) is 10.2 Å². The molecular weight excluding hydrogens is 248 g/mol. The van der Waals surface area contributed by atoms with Gasteiger partial charge < -0.3 is 5.32 Å². The molecule has 96 valence electrons. The monoisotopic (exact) mass is 270 g/mol. The molecule has 1 saturated heterocycles. The molecule has 1 N–H and O–H groups in total. The molecule has 0 aromatic carbocycles. The maximum atomic E-state index is 3.54. The molecule has 1 fully saturated rings. The third-order valence-electron chi connectivity index (χ3n) is 3.18. The molecule has 0 amide bonds. The number of aryl methyl sites for hydroxylation is 1. The van der Waals surface area contributed by atoms with Gasteiger partial charge in [-0.2, -0.15) is 11.8 Å². The van der Waals surface area contributed by atoms with Crippen molar-refractivity contribution in [1.29, 1.82) is 0 Å². The topological polar surface area (TPSA) is 15.3 Å². The number of thiophene rings is 1. The van der Waals surface area contributed by atoms with Crippen molar-refractivity contribution in [3.63, 3.8) is 0 Å². The van der Waals surface area contributed by atoms with Crippen LogP contribution < -0.4 is 5.32 Å². The first kappa shape index (κ1) is 13.4. The highest BCUT2D eigenvalue weighted by Gasteiger charge is 2.17. The van der Waals surface area contributed by atoms with Crippen LogP contribution in [-0.4, -0.2) is 42.1 Å². The molecule has 1 aromatic rings. The summed E-state index contributed by atoms with van der Waals surface area (Å²) < 4.78 is 0. The quantitative estimate of drug-likeness (QED) is 0.828. The van der Waals surface area contributed by atoms with Crippen LogP contribution >= 0.6 is 23.1 Å². The standard InChI is InChI=1S/C13H22N2S2/c1-11-10-16-8-7-15(11)6-5-14-9-13-4-3-12(2)17-13/h3-4,11,14H,5-10H2,1-2H3. The van der Waals surface area contributed by atoms with Crippen LogP contribution in [0, 0.1) is 6.92 Å². The average Bonchev–Trinajstić information content (AvgIpc) is 2.73. The Hall–Kier alpha value is -0.0300. The van der Waals surface area contributed by atoms with Crippen molar-refractivity contribution >= 4 is 23.1 Å². The van der Waals surface area contributed by atoms with Crippen molar-refractivity contribution < 1.29 is 0 Å². The largest absolute Gasteiger partial charge is 0.311 e. The predicted molar refractivity (Wildman–Crippen MR) is 79.1 cm³/mol. The van der Waals surface area contributed by atoms with E-state index in [2.05, 4.69) is 48.0 Å². The molecule has 1 atom stereocenters. The Labute approximate surface area is 113 Å². The van der Waals surface area contributed by atoms with Gasteiger partial charge in [0.15, 0.2) is 0 Å². The van der Waals surface area contributed by atoms with E-state index in [1.807, 2.05) is 11.3 Å². The number of nitrogens with one attached hydrogen (secondary N) is 1. The summed E-state index contributed by atoms with van der Waals surface area (Å²) in [6.45, 7) is 9.08. The lowest BCUT2D eigenvalue weighted by Gasteiger charge is -2.32. The fraction of sp³-hybridized carbons (Fsp3) is 0.692. The van der Waals surface area contributed by atoms with E-state index in [0.29, 0.717) is 0 Å². The van der Waals surface area contributed by atoms with E-state index in [0.717, 1.165) is 19.1 Å². The second-order valence-corrected chi connectivity index (χ2v) is 7.17. The number of thioether (sulfide) groups is 1. The summed E-state index contributed by atoms with van der Waals surface area (Å²) in [6.07, 6.45) is 0. The minimum atomic E-state index is 0.750. The van der Waals surface area contributed by atoms with E-state index in [4.69, 9.17) is 0 Å². The predicted octanol–water partition coefficient (Wildman–Crippen LogP) is 2.58. The van der Waals surface area contributed by atoms with Crippen LogP contribution in [0.2, 0.25) is 0 Å². The Bertz CT molecular complexity index is 338. The molecule has 2 nitrogen and oxygen atoms in total. The molecule has 2 heterocycles. The van der Waals surface area contributed by atoms with Gasteiger partial charge in [-0.05, 0) is 26.0 Å². The molecule has 17 heavy (non-hydrogen) atoms. The molecule has 1 aromatic heterocycles. The average molecular weight is 270 g/mol. The highest BCUT2D eigenvalue weighted by molar-refractivity contribution is 7.99. The Morgan fingerprint density at radius 1 is 1.47 bits per heavy atom. The minimum Gasteiger partial charge on any atom is -0.311 e. The summed E-state index contributed by atoms with van der Waals surface area (Å²) in [5.41, 5.74) is 0. The van der Waals surface area contributed by atoms with Crippen molar-refractivity contribution in [2.75, 3.05) is 31.1 Å². The summed E-state index contributed by atoms with van der Waals surface area (Å²) >= 11 is 3.98. The summed E-state index contributed by atoms with van der Waals surface area (Å²) in [5, 5.41) is 3.54. The molecule has 2 rings (SSSR count). The molecular formula is C13H22N2S2. The highest BCUT2D eigenvalue weighted by atomic mass is 32.2. The molecule has 0 bridgehead atoms. The lowest BCUT2D eigenvalue weighted by Crippen LogP contribution is -2.43. The molecule has 1 unspecified atom stereocenters. The summed E-state index contributed by atoms with van der Waals surface area (Å²) in [6, 6.07) is 5.18. The SMILES string of the molecule is Cc1ccc(CNCCN2CCSCC2C)s1. The molecule has 1 aliphatic rings. The van der Waals surface area contributed by atoms with E-state index in [1.54, 1.807) is 0 Å². The van der Waals surface area contributed by atoms with Crippen LogP contribution in [0.25, 0.3) is 0 Å². The van der Waals surface area contributed by atoms with Crippen LogP contribution in [0.3, 0.4) is 0 Å². The van der Waals surface area contributed by atoms with Crippen molar-refractivity contribution in [3.8, 4) is 0 Å². The fourth-order valence-electron chi connectivity index (χ4n) is 2.11. The maximum Gasteiger partial charge on any atom is 0.0300 e. The van der Waals surface area contributed by atoms with Crippen LogP contribution in [-0.2, 0) is 6.54 Å². The van der Waals surface area contributed by atoms with Crippen LogP contribution in [0.5, 0.6) is 0 Å². The van der Waals surface area contributed by atoms with E-state index >= 15 is 0 Å². The van der Waals surface area contributed by atoms with Crippen molar-refractivity contribution in [3.05, 3.63) is 21.9 Å². The van der Waals surface area contributed by atoms with Gasteiger partial charge in [0.1, 0.15) is 0 Å². The van der Waals surface area contributed by atoms with E-state index in [1.165, 1.54) is 34.3 Å². The third kappa shape index (κ3) is 4.28. The van der Waals surface area contributed by atoms with Gasteiger partial charge in [-0.15, -0.1) is 11.3 Å². The third-order valence-corrected chi connectivity index (χ3v) is 5.37. The zero-order valence-corrected chi connectivity index (χ0v) is 12.4. The van der Waals surface area contributed by atoms with E-state index in [-0.39, 0.29) is 0 Å². The first-order chi connectivity index (χ1) is 8.25. The number of hydrogen-bond donors (Lipinski definition) is 1. The van der Waals surface area contributed by atoms with Gasteiger partial charge >= 0.3 is 0 Å². The van der Waals surface area contributed by atoms with Gasteiger partial charge in [-0.1, -0.05) is 0 Å². The van der Waals surface area contributed by atoms with Crippen LogP contribution in [0.4, 0.5) is 0 Å². The van der Waals surface area contributed by atoms with Gasteiger partial charge in [0.25, 0.3) is 0 Å². The van der Waals surface area contributed by atoms with Crippen LogP contribution in [0.15, 0.2) is 12.1 Å². The molecule has 0 aliphatic carbocycles. The molecule has 4 heteroatoms. The lowest BCUT2D eigenvalue weighted by molar-refractivity contribution is 0.233. The minimum absolute atomic E-state index is 0.750. The Morgan fingerprint density at radius 3 is 3.06 bits per heavy atom. The van der Waals surface area contributed by atoms with Gasteiger partial charge in [-0.3, -0.25) is 4.90 Å². The van der Waals surface area contributed by atoms with Gasteiger partial charge in [-0.25, -0.2) is 0 Å². The maximum absolute atomic E-state index is 3.54. The van der Waals surface area contributed by atoms with E-state index in [9.17, 15) is 0 Å². The van der Waals surface area contributed by atoms with Gasteiger partial charge in [0.05, 0.1) is 0 Å². The molecule has 0 saturated carbocycles. The first-order valence-corrected chi connectivity index (χ1v) is 8.30. The highest BCUT2D eigenvalue weighted by Crippen LogP contribution is 2.16. The Kier molecular flexibility index (Phi) is 5.35. The number of rotatable bonds is 5.